The van der Waals surface area contributed by atoms with Crippen molar-refractivity contribution in [1.82, 2.24) is 14.9 Å². The van der Waals surface area contributed by atoms with Crippen molar-refractivity contribution in [2.75, 3.05) is 38.1 Å². The zero-order valence-corrected chi connectivity index (χ0v) is 13.0. The Bertz CT molecular complexity index is 707. The second-order valence-electron chi connectivity index (χ2n) is 5.87. The first kappa shape index (κ1) is 14.7. The number of aromatic nitrogens is 2. The first-order chi connectivity index (χ1) is 10.5. The van der Waals surface area contributed by atoms with Crippen molar-refractivity contribution in [2.45, 2.75) is 13.3 Å². The predicted molar refractivity (Wildman–Crippen MR) is 86.9 cm³/mol. The van der Waals surface area contributed by atoms with Gasteiger partial charge in [0.25, 0.3) is 0 Å². The summed E-state index contributed by atoms with van der Waals surface area (Å²) in [6.45, 7) is 5.78. The Morgan fingerprint density at radius 1 is 1.23 bits per heavy atom. The van der Waals surface area contributed by atoms with Gasteiger partial charge in [-0.05, 0) is 19.5 Å². The fraction of sp³-hybridized carbons (Fsp3) is 0.438. The monoisotopic (exact) mass is 299 g/mol. The van der Waals surface area contributed by atoms with Crippen molar-refractivity contribution < 1.29 is 4.79 Å². The summed E-state index contributed by atoms with van der Waals surface area (Å²) in [6, 6.07) is 5.94. The van der Waals surface area contributed by atoms with E-state index in [1.807, 2.05) is 25.1 Å². The lowest BCUT2D eigenvalue weighted by atomic mass is 10.1. The molecule has 1 aromatic carbocycles. The average molecular weight is 299 g/mol. The molecule has 2 heterocycles. The standard InChI is InChI=1S/C16H21N5O/c1-11-4-3-5-12-13(10-14(17)22)18-16(19-15(11)12)21-8-6-20(2)7-9-21/h3-5H,6-10H2,1-2H3,(H2,17,22). The first-order valence-corrected chi connectivity index (χ1v) is 7.52. The van der Waals surface area contributed by atoms with Crippen molar-refractivity contribution in [3.63, 3.8) is 0 Å². The molecule has 0 aliphatic carbocycles. The number of anilines is 1. The molecule has 2 N–H and O–H groups in total. The molecule has 1 amide bonds. The van der Waals surface area contributed by atoms with Gasteiger partial charge in [-0.3, -0.25) is 4.79 Å². The molecule has 6 heteroatoms. The Hall–Kier alpha value is -2.21. The molecule has 0 atom stereocenters. The van der Waals surface area contributed by atoms with Crippen LogP contribution in [0.15, 0.2) is 18.2 Å². The minimum Gasteiger partial charge on any atom is -0.369 e. The normalized spacial score (nSPS) is 16.2. The first-order valence-electron chi connectivity index (χ1n) is 7.52. The smallest absolute Gasteiger partial charge is 0.226 e. The number of para-hydroxylation sites is 1. The van der Waals surface area contributed by atoms with Crippen LogP contribution in [-0.4, -0.2) is 54.0 Å². The Morgan fingerprint density at radius 3 is 2.64 bits per heavy atom. The van der Waals surface area contributed by atoms with Gasteiger partial charge in [0.2, 0.25) is 11.9 Å². The minimum absolute atomic E-state index is 0.142. The van der Waals surface area contributed by atoms with Crippen LogP contribution < -0.4 is 10.6 Å². The summed E-state index contributed by atoms with van der Waals surface area (Å²) < 4.78 is 0. The van der Waals surface area contributed by atoms with Gasteiger partial charge in [-0.15, -0.1) is 0 Å². The Morgan fingerprint density at radius 2 is 1.95 bits per heavy atom. The van der Waals surface area contributed by atoms with Crippen LogP contribution in [-0.2, 0) is 11.2 Å². The van der Waals surface area contributed by atoms with Gasteiger partial charge in [-0.1, -0.05) is 18.2 Å². The highest BCUT2D eigenvalue weighted by molar-refractivity contribution is 5.88. The number of hydrogen-bond acceptors (Lipinski definition) is 5. The third-order valence-electron chi connectivity index (χ3n) is 4.12. The second-order valence-corrected chi connectivity index (χ2v) is 5.87. The van der Waals surface area contributed by atoms with Gasteiger partial charge < -0.3 is 15.5 Å². The van der Waals surface area contributed by atoms with E-state index in [0.717, 1.165) is 48.3 Å². The maximum atomic E-state index is 11.4. The highest BCUT2D eigenvalue weighted by Crippen LogP contribution is 2.23. The van der Waals surface area contributed by atoms with Gasteiger partial charge in [0, 0.05) is 31.6 Å². The van der Waals surface area contributed by atoms with Crippen molar-refractivity contribution in [3.8, 4) is 0 Å². The topological polar surface area (TPSA) is 75.4 Å². The molecule has 1 aromatic heterocycles. The van der Waals surface area contributed by atoms with E-state index in [-0.39, 0.29) is 12.3 Å². The fourth-order valence-corrected chi connectivity index (χ4v) is 2.79. The largest absolute Gasteiger partial charge is 0.369 e. The van der Waals surface area contributed by atoms with Crippen LogP contribution in [0, 0.1) is 6.92 Å². The number of nitrogens with two attached hydrogens (primary N) is 1. The molecule has 1 aliphatic rings. The third-order valence-corrected chi connectivity index (χ3v) is 4.12. The van der Waals surface area contributed by atoms with E-state index in [1.165, 1.54) is 0 Å². The molecule has 0 radical (unpaired) electrons. The van der Waals surface area contributed by atoms with Crippen LogP contribution in [0.1, 0.15) is 11.3 Å². The maximum absolute atomic E-state index is 11.4. The molecule has 0 bridgehead atoms. The summed E-state index contributed by atoms with van der Waals surface area (Å²) >= 11 is 0. The summed E-state index contributed by atoms with van der Waals surface area (Å²) in [5, 5.41) is 0.914. The number of piperazine rings is 1. The Balaban J connectivity index is 2.07. The van der Waals surface area contributed by atoms with Gasteiger partial charge in [-0.25, -0.2) is 9.97 Å². The predicted octanol–water partition coefficient (Wildman–Crippen LogP) is 0.718. The number of carbonyl (C=O) groups is 1. The van der Waals surface area contributed by atoms with Crippen molar-refractivity contribution >= 4 is 22.8 Å². The number of fused-ring (bicyclic) bond motifs is 1. The molecule has 3 rings (SSSR count). The molecule has 1 aliphatic heterocycles. The van der Waals surface area contributed by atoms with E-state index in [9.17, 15) is 4.79 Å². The summed E-state index contributed by atoms with van der Waals surface area (Å²) in [7, 11) is 2.11. The minimum atomic E-state index is -0.370. The molecule has 0 unspecified atom stereocenters. The van der Waals surface area contributed by atoms with Gasteiger partial charge >= 0.3 is 0 Å². The molecule has 1 fully saturated rings. The number of primary amides is 1. The van der Waals surface area contributed by atoms with Crippen LogP contribution in [0.2, 0.25) is 0 Å². The lowest BCUT2D eigenvalue weighted by Crippen LogP contribution is -2.45. The fourth-order valence-electron chi connectivity index (χ4n) is 2.79. The van der Waals surface area contributed by atoms with Crippen molar-refractivity contribution in [1.29, 1.82) is 0 Å². The van der Waals surface area contributed by atoms with Crippen LogP contribution in [0.3, 0.4) is 0 Å². The molecule has 116 valence electrons. The average Bonchev–Trinajstić information content (AvgIpc) is 2.48. The zero-order valence-electron chi connectivity index (χ0n) is 13.0. The lowest BCUT2D eigenvalue weighted by molar-refractivity contribution is -0.117. The molecule has 1 saturated heterocycles. The number of likely N-dealkylation sites (N-methyl/N-ethyl adjacent to an activating group) is 1. The molecule has 0 spiro atoms. The SMILES string of the molecule is Cc1cccc2c(CC(N)=O)nc(N3CCN(C)CC3)nc12. The summed E-state index contributed by atoms with van der Waals surface area (Å²) in [5.41, 5.74) is 8.09. The number of rotatable bonds is 3. The summed E-state index contributed by atoms with van der Waals surface area (Å²) in [4.78, 5) is 25.2. The molecular formula is C16H21N5O. The molecule has 2 aromatic rings. The third kappa shape index (κ3) is 2.87. The molecular weight excluding hydrogens is 278 g/mol. The van der Waals surface area contributed by atoms with E-state index in [1.54, 1.807) is 0 Å². The highest BCUT2D eigenvalue weighted by Gasteiger charge is 2.19. The summed E-state index contributed by atoms with van der Waals surface area (Å²) in [5.74, 6) is 0.331. The number of amides is 1. The van der Waals surface area contributed by atoms with Crippen LogP contribution in [0.5, 0.6) is 0 Å². The summed E-state index contributed by atoms with van der Waals surface area (Å²) in [6.07, 6.45) is 0.142. The van der Waals surface area contributed by atoms with Gasteiger partial charge in [0.15, 0.2) is 0 Å². The van der Waals surface area contributed by atoms with Gasteiger partial charge in [0.1, 0.15) is 0 Å². The zero-order chi connectivity index (χ0) is 15.7. The van der Waals surface area contributed by atoms with E-state index >= 15 is 0 Å². The Labute approximate surface area is 129 Å². The molecule has 22 heavy (non-hydrogen) atoms. The van der Waals surface area contributed by atoms with Gasteiger partial charge in [0.05, 0.1) is 17.6 Å². The van der Waals surface area contributed by atoms with Crippen molar-refractivity contribution in [3.05, 3.63) is 29.5 Å². The van der Waals surface area contributed by atoms with Crippen LogP contribution >= 0.6 is 0 Å². The van der Waals surface area contributed by atoms with E-state index in [2.05, 4.69) is 21.8 Å². The van der Waals surface area contributed by atoms with Gasteiger partial charge in [-0.2, -0.15) is 0 Å². The second kappa shape index (κ2) is 5.88. The number of nitrogens with zero attached hydrogens (tertiary/aromatic N) is 4. The number of hydrogen-bond donors (Lipinski definition) is 1. The lowest BCUT2D eigenvalue weighted by Gasteiger charge is -2.32. The van der Waals surface area contributed by atoms with Crippen LogP contribution in [0.25, 0.3) is 10.9 Å². The number of carbonyl (C=O) groups excluding carboxylic acids is 1. The van der Waals surface area contributed by atoms with Crippen LogP contribution in [0.4, 0.5) is 5.95 Å². The molecule has 0 saturated carbocycles. The van der Waals surface area contributed by atoms with E-state index < -0.39 is 0 Å². The number of aryl methyl sites for hydroxylation is 1. The van der Waals surface area contributed by atoms with E-state index in [0.29, 0.717) is 5.95 Å². The van der Waals surface area contributed by atoms with Crippen molar-refractivity contribution in [2.24, 2.45) is 5.73 Å². The highest BCUT2D eigenvalue weighted by atomic mass is 16.1. The number of benzene rings is 1. The quantitative estimate of drug-likeness (QED) is 0.904. The molecule has 6 nitrogen and oxygen atoms in total. The Kier molecular flexibility index (Phi) is 3.94. The maximum Gasteiger partial charge on any atom is 0.226 e. The van der Waals surface area contributed by atoms with E-state index in [4.69, 9.17) is 10.7 Å².